The van der Waals surface area contributed by atoms with Gasteiger partial charge in [0.05, 0.1) is 12.4 Å². The number of piperazine rings is 1. The summed E-state index contributed by atoms with van der Waals surface area (Å²) in [6, 6.07) is 0.210. The second-order valence-corrected chi connectivity index (χ2v) is 4.93. The molecule has 1 fully saturated rings. The molecule has 1 aliphatic heterocycles. The number of nitrogens with one attached hydrogen (secondary N) is 1. The molecule has 0 spiro atoms. The maximum atomic E-state index is 12.4. The van der Waals surface area contributed by atoms with E-state index in [1.165, 1.54) is 0 Å². The van der Waals surface area contributed by atoms with Crippen LogP contribution in [0.5, 0.6) is 0 Å². The predicted octanol–water partition coefficient (Wildman–Crippen LogP) is 0.684. The first-order valence-corrected chi connectivity index (χ1v) is 6.67. The number of amides is 1. The quantitative estimate of drug-likeness (QED) is 0.869. The number of carbonyl (C=O) groups is 1. The van der Waals surface area contributed by atoms with E-state index >= 15 is 0 Å². The Kier molecular flexibility index (Phi) is 4.31. The Morgan fingerprint density at radius 3 is 2.79 bits per heavy atom. The van der Waals surface area contributed by atoms with E-state index in [2.05, 4.69) is 34.2 Å². The lowest BCUT2D eigenvalue weighted by Gasteiger charge is -2.37. The van der Waals surface area contributed by atoms with Crippen LogP contribution in [0.15, 0.2) is 12.4 Å². The molecule has 1 unspecified atom stereocenters. The number of aromatic nitrogens is 2. The van der Waals surface area contributed by atoms with Gasteiger partial charge < -0.3 is 15.1 Å². The monoisotopic (exact) mass is 263 g/mol. The summed E-state index contributed by atoms with van der Waals surface area (Å²) < 4.78 is 0. The zero-order chi connectivity index (χ0) is 13.8. The van der Waals surface area contributed by atoms with Crippen molar-refractivity contribution in [2.24, 2.45) is 0 Å². The van der Waals surface area contributed by atoms with Crippen LogP contribution >= 0.6 is 0 Å². The minimum Gasteiger partial charge on any atom is -0.369 e. The molecule has 0 aromatic carbocycles. The molecule has 1 aromatic rings. The molecule has 0 bridgehead atoms. The van der Waals surface area contributed by atoms with Crippen LogP contribution in [0.25, 0.3) is 0 Å². The summed E-state index contributed by atoms with van der Waals surface area (Å²) in [6.07, 6.45) is 3.16. The van der Waals surface area contributed by atoms with Crippen molar-refractivity contribution in [3.8, 4) is 0 Å². The molecule has 1 atom stereocenters. The average molecular weight is 263 g/mol. The molecule has 0 radical (unpaired) electrons. The number of likely N-dealkylation sites (N-methyl/N-ethyl adjacent to an activating group) is 1. The lowest BCUT2D eigenvalue weighted by atomic mass is 10.2. The van der Waals surface area contributed by atoms with E-state index in [1.807, 2.05) is 11.8 Å². The summed E-state index contributed by atoms with van der Waals surface area (Å²) in [5.41, 5.74) is 0.415. The van der Waals surface area contributed by atoms with Gasteiger partial charge in [-0.05, 0) is 20.9 Å². The van der Waals surface area contributed by atoms with E-state index < -0.39 is 0 Å². The van der Waals surface area contributed by atoms with Gasteiger partial charge in [-0.15, -0.1) is 0 Å². The van der Waals surface area contributed by atoms with Crippen molar-refractivity contribution in [3.63, 3.8) is 0 Å². The molecule has 19 heavy (non-hydrogen) atoms. The summed E-state index contributed by atoms with van der Waals surface area (Å²) in [4.78, 5) is 24.9. The molecule has 2 heterocycles. The SMILES string of the molecule is CCNc1cnc(C(=O)N2CCN(C)CC2C)cn1. The smallest absolute Gasteiger partial charge is 0.274 e. The highest BCUT2D eigenvalue weighted by Crippen LogP contribution is 2.12. The Hall–Kier alpha value is -1.69. The summed E-state index contributed by atoms with van der Waals surface area (Å²) in [5, 5.41) is 3.06. The fourth-order valence-electron chi connectivity index (χ4n) is 2.30. The molecule has 104 valence electrons. The van der Waals surface area contributed by atoms with Crippen LogP contribution in [0.2, 0.25) is 0 Å². The van der Waals surface area contributed by atoms with Gasteiger partial charge in [0.1, 0.15) is 11.5 Å². The number of hydrogen-bond acceptors (Lipinski definition) is 5. The summed E-state index contributed by atoms with van der Waals surface area (Å²) in [5.74, 6) is 0.668. The van der Waals surface area contributed by atoms with Gasteiger partial charge in [-0.2, -0.15) is 0 Å². The number of nitrogens with zero attached hydrogens (tertiary/aromatic N) is 4. The molecule has 1 aliphatic rings. The number of hydrogen-bond donors (Lipinski definition) is 1. The molecule has 1 aromatic heterocycles. The van der Waals surface area contributed by atoms with Crippen molar-refractivity contribution in [3.05, 3.63) is 18.1 Å². The van der Waals surface area contributed by atoms with Gasteiger partial charge in [-0.25, -0.2) is 9.97 Å². The lowest BCUT2D eigenvalue weighted by molar-refractivity contribution is 0.0527. The second-order valence-electron chi connectivity index (χ2n) is 4.93. The summed E-state index contributed by atoms with van der Waals surface area (Å²) >= 11 is 0. The van der Waals surface area contributed by atoms with Crippen molar-refractivity contribution in [1.29, 1.82) is 0 Å². The minimum atomic E-state index is -0.0313. The van der Waals surface area contributed by atoms with E-state index in [4.69, 9.17) is 0 Å². The first-order chi connectivity index (χ1) is 9.11. The van der Waals surface area contributed by atoms with Crippen LogP contribution in [0.3, 0.4) is 0 Å². The lowest BCUT2D eigenvalue weighted by Crippen LogP contribution is -2.52. The molecule has 0 aliphatic carbocycles. The Bertz CT molecular complexity index is 433. The normalized spacial score (nSPS) is 20.4. The van der Waals surface area contributed by atoms with Crippen LogP contribution in [-0.4, -0.2) is 64.9 Å². The predicted molar refractivity (Wildman–Crippen MR) is 74.2 cm³/mol. The standard InChI is InChI=1S/C13H21N5O/c1-4-14-12-8-15-11(7-16-12)13(19)18-6-5-17(3)9-10(18)2/h7-8,10H,4-6,9H2,1-3H3,(H,14,16). The molecule has 6 nitrogen and oxygen atoms in total. The fourth-order valence-corrected chi connectivity index (χ4v) is 2.30. The topological polar surface area (TPSA) is 61.4 Å². The van der Waals surface area contributed by atoms with E-state index in [1.54, 1.807) is 12.4 Å². The third-order valence-corrected chi connectivity index (χ3v) is 3.32. The van der Waals surface area contributed by atoms with Gasteiger partial charge in [0.2, 0.25) is 0 Å². The highest BCUT2D eigenvalue weighted by molar-refractivity contribution is 5.92. The molecule has 1 saturated heterocycles. The summed E-state index contributed by atoms with van der Waals surface area (Å²) in [6.45, 7) is 7.39. The Morgan fingerprint density at radius 2 is 2.21 bits per heavy atom. The number of rotatable bonds is 3. The fraction of sp³-hybridized carbons (Fsp3) is 0.615. The van der Waals surface area contributed by atoms with E-state index in [0.29, 0.717) is 11.5 Å². The van der Waals surface area contributed by atoms with Crippen molar-refractivity contribution < 1.29 is 4.79 Å². The van der Waals surface area contributed by atoms with Crippen LogP contribution < -0.4 is 5.32 Å². The van der Waals surface area contributed by atoms with Gasteiger partial charge >= 0.3 is 0 Å². The van der Waals surface area contributed by atoms with E-state index in [9.17, 15) is 4.79 Å². The largest absolute Gasteiger partial charge is 0.369 e. The van der Waals surface area contributed by atoms with Crippen molar-refractivity contribution in [2.75, 3.05) is 38.5 Å². The van der Waals surface area contributed by atoms with Crippen molar-refractivity contribution in [1.82, 2.24) is 19.8 Å². The van der Waals surface area contributed by atoms with Crippen LogP contribution in [0.4, 0.5) is 5.82 Å². The van der Waals surface area contributed by atoms with Crippen LogP contribution in [0, 0.1) is 0 Å². The van der Waals surface area contributed by atoms with Crippen LogP contribution in [-0.2, 0) is 0 Å². The van der Waals surface area contributed by atoms with Crippen LogP contribution in [0.1, 0.15) is 24.3 Å². The zero-order valence-corrected chi connectivity index (χ0v) is 11.8. The van der Waals surface area contributed by atoms with Gasteiger partial charge in [-0.1, -0.05) is 0 Å². The first-order valence-electron chi connectivity index (χ1n) is 6.67. The van der Waals surface area contributed by atoms with Gasteiger partial charge in [-0.3, -0.25) is 4.79 Å². The maximum Gasteiger partial charge on any atom is 0.274 e. The average Bonchev–Trinajstić information content (AvgIpc) is 2.39. The second kappa shape index (κ2) is 5.97. The Balaban J connectivity index is 2.06. The Labute approximate surface area is 113 Å². The molecule has 2 rings (SSSR count). The zero-order valence-electron chi connectivity index (χ0n) is 11.8. The first kappa shape index (κ1) is 13.7. The minimum absolute atomic E-state index is 0.0313. The molecular formula is C13H21N5O. The molecule has 0 saturated carbocycles. The van der Waals surface area contributed by atoms with Gasteiger partial charge in [0, 0.05) is 32.2 Å². The molecular weight excluding hydrogens is 242 g/mol. The molecule has 1 amide bonds. The summed E-state index contributed by atoms with van der Waals surface area (Å²) in [7, 11) is 2.07. The highest BCUT2D eigenvalue weighted by Gasteiger charge is 2.27. The highest BCUT2D eigenvalue weighted by atomic mass is 16.2. The molecule has 1 N–H and O–H groups in total. The van der Waals surface area contributed by atoms with Crippen molar-refractivity contribution >= 4 is 11.7 Å². The van der Waals surface area contributed by atoms with E-state index in [0.717, 1.165) is 26.2 Å². The maximum absolute atomic E-state index is 12.4. The van der Waals surface area contributed by atoms with E-state index in [-0.39, 0.29) is 11.9 Å². The third-order valence-electron chi connectivity index (χ3n) is 3.32. The molecule has 6 heteroatoms. The Morgan fingerprint density at radius 1 is 1.42 bits per heavy atom. The van der Waals surface area contributed by atoms with Gasteiger partial charge in [0.15, 0.2) is 0 Å². The third kappa shape index (κ3) is 3.20. The number of carbonyl (C=O) groups excluding carboxylic acids is 1. The van der Waals surface area contributed by atoms with Gasteiger partial charge in [0.25, 0.3) is 5.91 Å². The number of anilines is 1. The van der Waals surface area contributed by atoms with Crippen molar-refractivity contribution in [2.45, 2.75) is 19.9 Å².